The molecule has 3 atom stereocenters. The van der Waals surface area contributed by atoms with Crippen molar-refractivity contribution in [2.24, 2.45) is 11.8 Å². The lowest BCUT2D eigenvalue weighted by molar-refractivity contribution is -0.161. The number of esters is 1. The monoisotopic (exact) mass is 495 g/mol. The van der Waals surface area contributed by atoms with Gasteiger partial charge in [0.1, 0.15) is 5.60 Å². The molecule has 1 amide bonds. The summed E-state index contributed by atoms with van der Waals surface area (Å²) < 4.78 is 13.6. The Morgan fingerprint density at radius 1 is 1.22 bits per heavy atom. The second-order valence-corrected chi connectivity index (χ2v) is 11.5. The van der Waals surface area contributed by atoms with Crippen molar-refractivity contribution in [2.75, 3.05) is 6.54 Å². The topological polar surface area (TPSA) is 82.5 Å². The zero-order chi connectivity index (χ0) is 25.9. The van der Waals surface area contributed by atoms with Crippen molar-refractivity contribution in [2.45, 2.75) is 97.0 Å². The fourth-order valence-corrected chi connectivity index (χ4v) is 5.17. The lowest BCUT2D eigenvalue weighted by Gasteiger charge is -2.30. The molecule has 2 aliphatic carbocycles. The first-order chi connectivity index (χ1) is 17.1. The predicted molar refractivity (Wildman–Crippen MR) is 141 cm³/mol. The van der Waals surface area contributed by atoms with Gasteiger partial charge in [-0.25, -0.2) is 0 Å². The van der Waals surface area contributed by atoms with E-state index < -0.39 is 5.60 Å². The number of hydrogen-bond donors (Lipinski definition) is 1. The molecular weight excluding hydrogens is 454 g/mol. The molecule has 1 N–H and O–H groups in total. The van der Waals surface area contributed by atoms with Crippen molar-refractivity contribution in [3.8, 4) is 0 Å². The van der Waals surface area contributed by atoms with Gasteiger partial charge in [0, 0.05) is 30.2 Å². The summed E-state index contributed by atoms with van der Waals surface area (Å²) in [5.74, 6) is 0.137. The summed E-state index contributed by atoms with van der Waals surface area (Å²) in [7, 11) is 0. The number of rotatable bonds is 9. The number of nitrogens with one attached hydrogen (secondary N) is 1. The average molecular weight is 496 g/mol. The molecule has 2 aromatic rings. The lowest BCUT2D eigenvalue weighted by atomic mass is 9.81. The van der Waals surface area contributed by atoms with E-state index in [9.17, 15) is 9.59 Å². The minimum absolute atomic E-state index is 0.0438. The number of aryl methyl sites for hydroxylation is 1. The van der Waals surface area contributed by atoms with Gasteiger partial charge in [0.2, 0.25) is 0 Å². The largest absolute Gasteiger partial charge is 0.460 e. The average Bonchev–Trinajstić information content (AvgIpc) is 3.20. The summed E-state index contributed by atoms with van der Waals surface area (Å²) in [5.41, 5.74) is 1.99. The molecule has 2 fully saturated rings. The maximum Gasteiger partial charge on any atom is 0.309 e. The summed E-state index contributed by atoms with van der Waals surface area (Å²) in [6.07, 6.45) is 11.1. The highest BCUT2D eigenvalue weighted by Crippen LogP contribution is 2.32. The van der Waals surface area contributed by atoms with Crippen LogP contribution in [-0.4, -0.2) is 46.0 Å². The molecule has 4 rings (SSSR count). The molecule has 0 aliphatic heterocycles. The maximum absolute atomic E-state index is 12.9. The molecule has 36 heavy (non-hydrogen) atoms. The maximum atomic E-state index is 12.9. The van der Waals surface area contributed by atoms with Crippen LogP contribution in [0.2, 0.25) is 0 Å². The summed E-state index contributed by atoms with van der Waals surface area (Å²) in [4.78, 5) is 25.5. The molecule has 0 spiro atoms. The van der Waals surface area contributed by atoms with Crippen molar-refractivity contribution < 1.29 is 19.1 Å². The molecule has 1 aromatic heterocycles. The third-order valence-corrected chi connectivity index (χ3v) is 7.37. The molecular formula is C29H41N3O4. The summed E-state index contributed by atoms with van der Waals surface area (Å²) >= 11 is 0. The van der Waals surface area contributed by atoms with Gasteiger partial charge in [-0.2, -0.15) is 5.10 Å². The Kier molecular flexibility index (Phi) is 8.18. The van der Waals surface area contributed by atoms with Crippen molar-refractivity contribution >= 4 is 22.8 Å². The Morgan fingerprint density at radius 2 is 1.97 bits per heavy atom. The molecule has 2 aliphatic rings. The van der Waals surface area contributed by atoms with Crippen LogP contribution in [0.3, 0.4) is 0 Å². The predicted octanol–water partition coefficient (Wildman–Crippen LogP) is 5.35. The summed E-state index contributed by atoms with van der Waals surface area (Å²) in [5, 5.41) is 8.76. The van der Waals surface area contributed by atoms with Crippen LogP contribution in [0.25, 0.3) is 10.9 Å². The fourth-order valence-electron chi connectivity index (χ4n) is 5.17. The van der Waals surface area contributed by atoms with Crippen LogP contribution in [0.5, 0.6) is 0 Å². The van der Waals surface area contributed by atoms with Crippen LogP contribution in [0, 0.1) is 18.8 Å². The molecule has 7 nitrogen and oxygen atoms in total. The number of amides is 1. The van der Waals surface area contributed by atoms with Crippen LogP contribution in [0.1, 0.15) is 81.6 Å². The first-order valence-corrected chi connectivity index (χ1v) is 13.4. The minimum Gasteiger partial charge on any atom is -0.460 e. The van der Waals surface area contributed by atoms with Crippen LogP contribution >= 0.6 is 0 Å². The molecule has 1 aromatic carbocycles. The van der Waals surface area contributed by atoms with E-state index in [-0.39, 0.29) is 30.0 Å². The quantitative estimate of drug-likeness (QED) is 0.375. The van der Waals surface area contributed by atoms with Gasteiger partial charge in [-0.15, -0.1) is 6.58 Å². The Labute approximate surface area is 214 Å². The van der Waals surface area contributed by atoms with E-state index in [1.165, 1.54) is 6.42 Å². The fraction of sp³-hybridized carbons (Fsp3) is 0.621. The Bertz CT molecular complexity index is 1100. The molecule has 0 bridgehead atoms. The molecule has 3 unspecified atom stereocenters. The third kappa shape index (κ3) is 6.55. The van der Waals surface area contributed by atoms with Crippen LogP contribution in [0.4, 0.5) is 0 Å². The first kappa shape index (κ1) is 26.4. The zero-order valence-corrected chi connectivity index (χ0v) is 22.2. The molecule has 0 saturated heterocycles. The van der Waals surface area contributed by atoms with E-state index in [1.807, 2.05) is 50.7 Å². The molecule has 2 saturated carbocycles. The van der Waals surface area contributed by atoms with Gasteiger partial charge < -0.3 is 14.8 Å². The van der Waals surface area contributed by atoms with Crippen LogP contribution in [-0.2, 0) is 20.8 Å². The van der Waals surface area contributed by atoms with E-state index in [1.54, 1.807) is 6.08 Å². The van der Waals surface area contributed by atoms with Gasteiger partial charge in [0.25, 0.3) is 5.91 Å². The van der Waals surface area contributed by atoms with Gasteiger partial charge in [-0.3, -0.25) is 14.3 Å². The van der Waals surface area contributed by atoms with E-state index in [2.05, 4.69) is 11.9 Å². The minimum atomic E-state index is -0.457. The lowest BCUT2D eigenvalue weighted by Crippen LogP contribution is -2.36. The van der Waals surface area contributed by atoms with Crippen LogP contribution in [0.15, 0.2) is 31.0 Å². The summed E-state index contributed by atoms with van der Waals surface area (Å²) in [6, 6.07) is 3.76. The summed E-state index contributed by atoms with van der Waals surface area (Å²) in [6.45, 7) is 12.7. The van der Waals surface area contributed by atoms with Crippen molar-refractivity contribution in [1.29, 1.82) is 0 Å². The smallest absolute Gasteiger partial charge is 0.309 e. The van der Waals surface area contributed by atoms with E-state index in [4.69, 9.17) is 14.6 Å². The van der Waals surface area contributed by atoms with Crippen LogP contribution < -0.4 is 5.32 Å². The van der Waals surface area contributed by atoms with Gasteiger partial charge in [0.15, 0.2) is 0 Å². The molecule has 0 radical (unpaired) electrons. The number of ether oxygens (including phenoxy) is 2. The van der Waals surface area contributed by atoms with E-state index in [0.717, 1.165) is 61.5 Å². The molecule has 196 valence electrons. The highest BCUT2D eigenvalue weighted by molar-refractivity contribution is 6.00. The number of aromatic nitrogens is 2. The second-order valence-electron chi connectivity index (χ2n) is 11.5. The first-order valence-electron chi connectivity index (χ1n) is 13.4. The highest BCUT2D eigenvalue weighted by atomic mass is 16.6. The Balaban J connectivity index is 1.38. The normalized spacial score (nSPS) is 21.6. The number of carbonyl (C=O) groups is 2. The Morgan fingerprint density at radius 3 is 2.64 bits per heavy atom. The second kappa shape index (κ2) is 11.2. The Hall–Kier alpha value is -2.67. The van der Waals surface area contributed by atoms with Crippen molar-refractivity contribution in [3.63, 3.8) is 0 Å². The SMILES string of the molecule is C=CC(CNC(=O)c1ccc2nn(CC3CCCC(C(=O)OC(C)(C)C)C3)cc2c1C)OC1CCC1. The number of hydrogen-bond acceptors (Lipinski definition) is 5. The number of benzene rings is 1. The zero-order valence-electron chi connectivity index (χ0n) is 22.2. The number of carbonyl (C=O) groups excluding carboxylic acids is 2. The number of fused-ring (bicyclic) bond motifs is 1. The van der Waals surface area contributed by atoms with E-state index >= 15 is 0 Å². The van der Waals surface area contributed by atoms with Gasteiger partial charge in [0.05, 0.1) is 23.6 Å². The highest BCUT2D eigenvalue weighted by Gasteiger charge is 2.31. The van der Waals surface area contributed by atoms with Crippen molar-refractivity contribution in [3.05, 3.63) is 42.1 Å². The number of nitrogens with zero attached hydrogens (tertiary/aromatic N) is 2. The molecule has 7 heteroatoms. The van der Waals surface area contributed by atoms with Gasteiger partial charge in [-0.1, -0.05) is 12.5 Å². The van der Waals surface area contributed by atoms with Gasteiger partial charge in [-0.05, 0) is 89.8 Å². The third-order valence-electron chi connectivity index (χ3n) is 7.37. The van der Waals surface area contributed by atoms with E-state index in [0.29, 0.717) is 18.0 Å². The molecule has 1 heterocycles. The standard InChI is InChI=1S/C29H41N3O4/c1-6-22(35-23-11-8-12-23)16-30-27(33)24-13-14-26-25(19(24)2)18-32(31-26)17-20-9-7-10-21(15-20)28(34)36-29(3,4)5/h6,13-14,18,20-23H,1,7-12,15-17H2,2-5H3,(H,30,33). The van der Waals surface area contributed by atoms with Gasteiger partial charge >= 0.3 is 5.97 Å². The van der Waals surface area contributed by atoms with Crippen molar-refractivity contribution in [1.82, 2.24) is 15.1 Å².